The molecular formula is C10H20N2O5S. The molecule has 1 aromatic rings. The first kappa shape index (κ1) is 19.2. The van der Waals surface area contributed by atoms with Gasteiger partial charge in [0.25, 0.3) is 0 Å². The van der Waals surface area contributed by atoms with E-state index >= 15 is 0 Å². The smallest absolute Gasteiger partial charge is 0.394 e. The van der Waals surface area contributed by atoms with Crippen LogP contribution in [-0.4, -0.2) is 40.9 Å². The van der Waals surface area contributed by atoms with Crippen LogP contribution in [0.15, 0.2) is 30.3 Å². The van der Waals surface area contributed by atoms with E-state index in [1.54, 1.807) is 0 Å². The first-order valence-electron chi connectivity index (χ1n) is 5.14. The minimum absolute atomic E-state index is 0.719. The van der Waals surface area contributed by atoms with E-state index in [1.807, 2.05) is 44.2 Å². The third kappa shape index (κ3) is 24.2. The van der Waals surface area contributed by atoms with Crippen LogP contribution in [0.5, 0.6) is 0 Å². The van der Waals surface area contributed by atoms with Crippen molar-refractivity contribution in [3.05, 3.63) is 30.3 Å². The van der Waals surface area contributed by atoms with Crippen molar-refractivity contribution in [1.29, 1.82) is 0 Å². The molecule has 0 saturated carbocycles. The molecule has 0 saturated heterocycles. The number of nitrogens with two attached hydrogens (primary N) is 1. The first-order valence-corrected chi connectivity index (χ1v) is 6.54. The fourth-order valence-electron chi connectivity index (χ4n) is 0.677. The van der Waals surface area contributed by atoms with Gasteiger partial charge in [-0.3, -0.25) is 9.11 Å². The van der Waals surface area contributed by atoms with Gasteiger partial charge in [-0.05, 0) is 12.1 Å². The normalized spacial score (nSPS) is 9.89. The number of hydrogen-bond donors (Lipinski definition) is 4. The molecule has 1 aromatic carbocycles. The summed E-state index contributed by atoms with van der Waals surface area (Å²) in [5, 5.41) is 9.75. The standard InChI is InChI=1S/C6H7N.C4H11NO.H2O4S/c7-6-4-2-1-3-5-6;1-3-5(6)4-2;1-5(2,3)4/h1-5H,7H2;6H,3-4H2,1-2H3;(H2,1,2,3,4). The molecule has 0 fully saturated rings. The number of anilines is 1. The Morgan fingerprint density at radius 1 is 1.11 bits per heavy atom. The Hall–Kier alpha value is -1.19. The summed E-state index contributed by atoms with van der Waals surface area (Å²) < 4.78 is 31.6. The Balaban J connectivity index is 0. The zero-order valence-electron chi connectivity index (χ0n) is 10.4. The Kier molecular flexibility index (Phi) is 11.6. The summed E-state index contributed by atoms with van der Waals surface area (Å²) in [5.41, 5.74) is 6.18. The van der Waals surface area contributed by atoms with Gasteiger partial charge >= 0.3 is 10.4 Å². The average molecular weight is 280 g/mol. The number of rotatable bonds is 2. The molecule has 0 heterocycles. The van der Waals surface area contributed by atoms with Crippen LogP contribution in [0.3, 0.4) is 0 Å². The van der Waals surface area contributed by atoms with E-state index in [9.17, 15) is 0 Å². The van der Waals surface area contributed by atoms with Crippen LogP contribution in [-0.2, 0) is 10.4 Å². The molecule has 0 radical (unpaired) electrons. The van der Waals surface area contributed by atoms with Crippen molar-refractivity contribution in [1.82, 2.24) is 5.06 Å². The molecule has 0 bridgehead atoms. The fraction of sp³-hybridized carbons (Fsp3) is 0.400. The molecule has 106 valence electrons. The number of benzene rings is 1. The van der Waals surface area contributed by atoms with E-state index in [2.05, 4.69) is 0 Å². The van der Waals surface area contributed by atoms with Gasteiger partial charge in [0.1, 0.15) is 0 Å². The molecule has 0 aliphatic carbocycles. The zero-order chi connectivity index (χ0) is 14.6. The summed E-state index contributed by atoms with van der Waals surface area (Å²) in [6.07, 6.45) is 0. The molecule has 0 aliphatic heterocycles. The van der Waals surface area contributed by atoms with Crippen LogP contribution < -0.4 is 5.73 Å². The van der Waals surface area contributed by atoms with Crippen LogP contribution in [0.1, 0.15) is 13.8 Å². The number of hydrogen-bond acceptors (Lipinski definition) is 5. The van der Waals surface area contributed by atoms with E-state index in [1.165, 1.54) is 5.06 Å². The van der Waals surface area contributed by atoms with Gasteiger partial charge in [0.05, 0.1) is 0 Å². The third-order valence-electron chi connectivity index (χ3n) is 1.53. The van der Waals surface area contributed by atoms with Gasteiger partial charge < -0.3 is 10.9 Å². The maximum absolute atomic E-state index is 8.74. The second-order valence-electron chi connectivity index (χ2n) is 3.00. The van der Waals surface area contributed by atoms with Gasteiger partial charge in [-0.15, -0.1) is 0 Å². The summed E-state index contributed by atoms with van der Waals surface area (Å²) in [5.74, 6) is 0. The molecule has 7 nitrogen and oxygen atoms in total. The quantitative estimate of drug-likeness (QED) is 0.366. The summed E-state index contributed by atoms with van der Waals surface area (Å²) in [7, 11) is -4.67. The molecule has 0 atom stereocenters. The lowest BCUT2D eigenvalue weighted by Crippen LogP contribution is -2.16. The molecule has 8 heteroatoms. The molecule has 0 amide bonds. The lowest BCUT2D eigenvalue weighted by molar-refractivity contribution is -0.0813. The Morgan fingerprint density at radius 3 is 1.56 bits per heavy atom. The highest BCUT2D eigenvalue weighted by molar-refractivity contribution is 7.79. The highest BCUT2D eigenvalue weighted by Gasteiger charge is 1.85. The van der Waals surface area contributed by atoms with Crippen LogP contribution >= 0.6 is 0 Å². The van der Waals surface area contributed by atoms with Crippen LogP contribution in [0.25, 0.3) is 0 Å². The molecule has 1 rings (SSSR count). The molecule has 5 N–H and O–H groups in total. The van der Waals surface area contributed by atoms with Gasteiger partial charge in [0.15, 0.2) is 0 Å². The van der Waals surface area contributed by atoms with Gasteiger partial charge in [-0.1, -0.05) is 32.0 Å². The van der Waals surface area contributed by atoms with Crippen LogP contribution in [0.2, 0.25) is 0 Å². The largest absolute Gasteiger partial charge is 0.399 e. The van der Waals surface area contributed by atoms with E-state index in [0.717, 1.165) is 18.8 Å². The number of nitrogen functional groups attached to an aromatic ring is 1. The minimum Gasteiger partial charge on any atom is -0.399 e. The molecular weight excluding hydrogens is 260 g/mol. The monoisotopic (exact) mass is 280 g/mol. The highest BCUT2D eigenvalue weighted by atomic mass is 32.3. The zero-order valence-corrected chi connectivity index (χ0v) is 11.2. The maximum Gasteiger partial charge on any atom is 0.394 e. The van der Waals surface area contributed by atoms with Crippen molar-refractivity contribution in [3.63, 3.8) is 0 Å². The number of nitrogens with zero attached hydrogens (tertiary/aromatic N) is 1. The van der Waals surface area contributed by atoms with Crippen molar-refractivity contribution in [2.24, 2.45) is 0 Å². The number of hydroxylamine groups is 2. The Morgan fingerprint density at radius 2 is 1.44 bits per heavy atom. The molecule has 0 aromatic heterocycles. The second kappa shape index (κ2) is 10.9. The van der Waals surface area contributed by atoms with Gasteiger partial charge in [-0.25, -0.2) is 0 Å². The van der Waals surface area contributed by atoms with Gasteiger partial charge in [0.2, 0.25) is 0 Å². The predicted octanol–water partition coefficient (Wildman–Crippen LogP) is 1.33. The predicted molar refractivity (Wildman–Crippen MR) is 69.7 cm³/mol. The molecule has 0 spiro atoms. The topological polar surface area (TPSA) is 124 Å². The molecule has 0 unspecified atom stereocenters. The van der Waals surface area contributed by atoms with Crippen molar-refractivity contribution in [3.8, 4) is 0 Å². The molecule has 0 aliphatic rings. The highest BCUT2D eigenvalue weighted by Crippen LogP contribution is 1.95. The van der Waals surface area contributed by atoms with Crippen molar-refractivity contribution >= 4 is 16.1 Å². The Labute approximate surface area is 107 Å². The summed E-state index contributed by atoms with van der Waals surface area (Å²) in [6, 6.07) is 9.49. The van der Waals surface area contributed by atoms with Gasteiger partial charge in [-0.2, -0.15) is 13.5 Å². The van der Waals surface area contributed by atoms with E-state index in [-0.39, 0.29) is 0 Å². The maximum atomic E-state index is 8.74. The van der Waals surface area contributed by atoms with E-state index in [0.29, 0.717) is 0 Å². The minimum atomic E-state index is -4.67. The lowest BCUT2D eigenvalue weighted by atomic mass is 10.3. The van der Waals surface area contributed by atoms with Crippen molar-refractivity contribution in [2.75, 3.05) is 18.8 Å². The first-order chi connectivity index (χ1) is 8.20. The average Bonchev–Trinajstić information content (AvgIpc) is 2.27. The SMILES string of the molecule is CCN(O)CC.Nc1ccccc1.O=S(=O)(O)O. The van der Waals surface area contributed by atoms with Crippen molar-refractivity contribution in [2.45, 2.75) is 13.8 Å². The molecule has 18 heavy (non-hydrogen) atoms. The van der Waals surface area contributed by atoms with E-state index in [4.69, 9.17) is 28.5 Å². The summed E-state index contributed by atoms with van der Waals surface area (Å²) >= 11 is 0. The van der Waals surface area contributed by atoms with Crippen molar-refractivity contribution < 1.29 is 22.7 Å². The Bertz CT molecular complexity index is 371. The fourth-order valence-corrected chi connectivity index (χ4v) is 0.677. The number of para-hydroxylation sites is 1. The second-order valence-corrected chi connectivity index (χ2v) is 3.89. The van der Waals surface area contributed by atoms with Crippen LogP contribution in [0, 0.1) is 0 Å². The third-order valence-corrected chi connectivity index (χ3v) is 1.53. The van der Waals surface area contributed by atoms with Crippen LogP contribution in [0.4, 0.5) is 5.69 Å². The summed E-state index contributed by atoms with van der Waals surface area (Å²) in [6.45, 7) is 5.25. The lowest BCUT2D eigenvalue weighted by Gasteiger charge is -2.05. The van der Waals surface area contributed by atoms with E-state index < -0.39 is 10.4 Å². The van der Waals surface area contributed by atoms with Gasteiger partial charge in [0, 0.05) is 18.8 Å². The summed E-state index contributed by atoms with van der Waals surface area (Å²) in [4.78, 5) is 0.